The molecule has 0 radical (unpaired) electrons. The number of fused-ring (bicyclic) bond motifs is 1. The minimum atomic E-state index is -0.855. The summed E-state index contributed by atoms with van der Waals surface area (Å²) in [5, 5.41) is -0.680. The first-order chi connectivity index (χ1) is 16.0. The van der Waals surface area contributed by atoms with E-state index < -0.39 is 46.6 Å². The number of benzene rings is 2. The van der Waals surface area contributed by atoms with E-state index >= 15 is 0 Å². The fraction of sp³-hybridized carbons (Fsp3) is 0.174. The van der Waals surface area contributed by atoms with Crippen LogP contribution in [0.1, 0.15) is 27.7 Å². The molecule has 0 aliphatic heterocycles. The van der Waals surface area contributed by atoms with Gasteiger partial charge in [-0.15, -0.1) is 0 Å². The lowest BCUT2D eigenvalue weighted by Crippen LogP contribution is -2.14. The van der Waals surface area contributed by atoms with E-state index in [1.165, 1.54) is 31.2 Å². The molecule has 0 saturated heterocycles. The molecule has 0 saturated carbocycles. The van der Waals surface area contributed by atoms with Gasteiger partial charge in [0.25, 0.3) is 0 Å². The van der Waals surface area contributed by atoms with E-state index in [1.807, 2.05) is 0 Å². The topological polar surface area (TPSA) is 135 Å². The molecule has 0 amide bonds. The van der Waals surface area contributed by atoms with Crippen molar-refractivity contribution in [3.8, 4) is 34.3 Å². The molecule has 2 aromatic carbocycles. The number of halogens is 1. The lowest BCUT2D eigenvalue weighted by atomic mass is 10.1. The molecule has 0 bridgehead atoms. The van der Waals surface area contributed by atoms with Crippen molar-refractivity contribution in [2.75, 3.05) is 0 Å². The van der Waals surface area contributed by atoms with Gasteiger partial charge in [-0.3, -0.25) is 24.0 Å². The van der Waals surface area contributed by atoms with Gasteiger partial charge in [0.15, 0.2) is 22.5 Å². The zero-order valence-corrected chi connectivity index (χ0v) is 19.1. The van der Waals surface area contributed by atoms with E-state index in [2.05, 4.69) is 0 Å². The van der Waals surface area contributed by atoms with Gasteiger partial charge < -0.3 is 23.4 Å². The predicted octanol–water partition coefficient (Wildman–Crippen LogP) is 3.81. The molecule has 0 fully saturated rings. The number of ether oxygens (including phenoxy) is 4. The van der Waals surface area contributed by atoms with E-state index in [0.29, 0.717) is 5.56 Å². The third-order valence-corrected chi connectivity index (χ3v) is 4.47. The van der Waals surface area contributed by atoms with Crippen molar-refractivity contribution in [2.45, 2.75) is 27.7 Å². The second kappa shape index (κ2) is 9.75. The maximum absolute atomic E-state index is 13.1. The average Bonchev–Trinajstić information content (AvgIpc) is 2.72. The zero-order chi connectivity index (χ0) is 25.2. The molecule has 3 aromatic rings. The second-order valence-electron chi connectivity index (χ2n) is 6.88. The summed E-state index contributed by atoms with van der Waals surface area (Å²) in [7, 11) is 0. The van der Waals surface area contributed by atoms with Crippen LogP contribution >= 0.6 is 11.6 Å². The molecule has 0 aliphatic rings. The van der Waals surface area contributed by atoms with Crippen LogP contribution in [0.4, 0.5) is 0 Å². The second-order valence-corrected chi connectivity index (χ2v) is 7.26. The number of carbonyl (C=O) groups is 4. The van der Waals surface area contributed by atoms with Crippen LogP contribution in [0.2, 0.25) is 5.02 Å². The van der Waals surface area contributed by atoms with Crippen molar-refractivity contribution in [3.63, 3.8) is 0 Å². The molecular formula is C23H17ClO10. The van der Waals surface area contributed by atoms with Crippen LogP contribution in [0.5, 0.6) is 23.0 Å². The van der Waals surface area contributed by atoms with Crippen molar-refractivity contribution in [1.82, 2.24) is 0 Å². The number of rotatable bonds is 5. The maximum atomic E-state index is 13.1. The molecule has 0 unspecified atom stereocenters. The molecule has 11 heteroatoms. The summed E-state index contributed by atoms with van der Waals surface area (Å²) in [6.07, 6.45) is 0. The van der Waals surface area contributed by atoms with Crippen LogP contribution in [-0.4, -0.2) is 23.9 Å². The zero-order valence-electron chi connectivity index (χ0n) is 18.3. The van der Waals surface area contributed by atoms with Gasteiger partial charge in [-0.2, -0.15) is 0 Å². The highest BCUT2D eigenvalue weighted by Crippen LogP contribution is 2.49. The summed E-state index contributed by atoms with van der Waals surface area (Å²) in [6.45, 7) is 4.44. The van der Waals surface area contributed by atoms with Crippen molar-refractivity contribution in [2.24, 2.45) is 0 Å². The van der Waals surface area contributed by atoms with Crippen LogP contribution in [0.3, 0.4) is 0 Å². The summed E-state index contributed by atoms with van der Waals surface area (Å²) in [5.41, 5.74) is -0.559. The van der Waals surface area contributed by atoms with Crippen LogP contribution < -0.4 is 24.4 Å². The molecule has 176 valence electrons. The third kappa shape index (κ3) is 5.24. The Balaban J connectivity index is 2.33. The molecule has 0 aliphatic carbocycles. The van der Waals surface area contributed by atoms with Crippen LogP contribution in [-0.2, 0) is 19.2 Å². The first-order valence-corrected chi connectivity index (χ1v) is 10.0. The van der Waals surface area contributed by atoms with Crippen LogP contribution in [0.15, 0.2) is 39.5 Å². The largest absolute Gasteiger partial charge is 0.454 e. The Bertz CT molecular complexity index is 1390. The van der Waals surface area contributed by atoms with E-state index in [1.54, 1.807) is 0 Å². The Morgan fingerprint density at radius 3 is 1.76 bits per heavy atom. The molecule has 34 heavy (non-hydrogen) atoms. The van der Waals surface area contributed by atoms with E-state index in [4.69, 9.17) is 35.0 Å². The van der Waals surface area contributed by atoms with Gasteiger partial charge in [-0.25, -0.2) is 0 Å². The fourth-order valence-electron chi connectivity index (χ4n) is 2.99. The molecule has 1 aromatic heterocycles. The van der Waals surface area contributed by atoms with Crippen LogP contribution in [0.25, 0.3) is 22.3 Å². The lowest BCUT2D eigenvalue weighted by Gasteiger charge is -2.17. The number of esters is 4. The standard InChI is InChI=1S/C23H17ClO10/c1-10(25)30-15-7-5-14(6-8-15)17-9-16(29)18-20(34-17)19(24)22(32-12(3)27)23(33-13(4)28)21(18)31-11(2)26/h5-9H,1-4H3. The van der Waals surface area contributed by atoms with Crippen molar-refractivity contribution >= 4 is 46.4 Å². The molecule has 3 rings (SSSR count). The summed E-state index contributed by atoms with van der Waals surface area (Å²) in [5.74, 6) is -4.21. The Labute approximate surface area is 196 Å². The number of hydrogen-bond acceptors (Lipinski definition) is 10. The van der Waals surface area contributed by atoms with E-state index in [0.717, 1.165) is 26.8 Å². The number of carbonyl (C=O) groups excluding carboxylic acids is 4. The molecule has 0 atom stereocenters. The van der Waals surface area contributed by atoms with Gasteiger partial charge in [-0.1, -0.05) is 11.6 Å². The first-order valence-electron chi connectivity index (χ1n) is 9.65. The smallest absolute Gasteiger partial charge is 0.308 e. The van der Waals surface area contributed by atoms with Gasteiger partial charge >= 0.3 is 23.9 Å². The Kier molecular flexibility index (Phi) is 7.02. The quantitative estimate of drug-likeness (QED) is 0.385. The monoisotopic (exact) mass is 488 g/mol. The highest BCUT2D eigenvalue weighted by atomic mass is 35.5. The van der Waals surface area contributed by atoms with Crippen molar-refractivity contribution in [1.29, 1.82) is 0 Å². The number of hydrogen-bond donors (Lipinski definition) is 0. The van der Waals surface area contributed by atoms with Gasteiger partial charge in [-0.05, 0) is 24.3 Å². The van der Waals surface area contributed by atoms with Crippen molar-refractivity contribution < 1.29 is 42.5 Å². The van der Waals surface area contributed by atoms with E-state index in [-0.39, 0.29) is 27.5 Å². The molecule has 10 nitrogen and oxygen atoms in total. The Hall–Kier alpha value is -4.18. The highest BCUT2D eigenvalue weighted by Gasteiger charge is 2.29. The fourth-order valence-corrected chi connectivity index (χ4v) is 3.25. The maximum Gasteiger partial charge on any atom is 0.308 e. The molecular weight excluding hydrogens is 472 g/mol. The summed E-state index contributed by atoms with van der Waals surface area (Å²) < 4.78 is 26.1. The lowest BCUT2D eigenvalue weighted by molar-refractivity contribution is -0.135. The summed E-state index contributed by atoms with van der Waals surface area (Å²) in [4.78, 5) is 59.3. The third-order valence-electron chi connectivity index (χ3n) is 4.12. The normalized spacial score (nSPS) is 10.5. The van der Waals surface area contributed by atoms with Crippen LogP contribution in [0, 0.1) is 0 Å². The predicted molar refractivity (Wildman–Crippen MR) is 118 cm³/mol. The molecule has 1 heterocycles. The highest BCUT2D eigenvalue weighted by molar-refractivity contribution is 6.37. The van der Waals surface area contributed by atoms with Crippen molar-refractivity contribution in [3.05, 3.63) is 45.6 Å². The Morgan fingerprint density at radius 1 is 0.735 bits per heavy atom. The summed E-state index contributed by atoms with van der Waals surface area (Å²) in [6, 6.07) is 7.14. The molecule has 0 spiro atoms. The first kappa shape index (κ1) is 24.5. The minimum absolute atomic E-state index is 0.0524. The minimum Gasteiger partial charge on any atom is -0.454 e. The Morgan fingerprint density at radius 2 is 1.24 bits per heavy atom. The van der Waals surface area contributed by atoms with E-state index in [9.17, 15) is 24.0 Å². The molecule has 0 N–H and O–H groups in total. The average molecular weight is 489 g/mol. The SMILES string of the molecule is CC(=O)Oc1ccc(-c2cc(=O)c3c(OC(C)=O)c(OC(C)=O)c(OC(C)=O)c(Cl)c3o2)cc1. The summed E-state index contributed by atoms with van der Waals surface area (Å²) >= 11 is 6.40. The van der Waals surface area contributed by atoms with Gasteiger partial charge in [0.2, 0.25) is 5.75 Å². The van der Waals surface area contributed by atoms with Gasteiger partial charge in [0.1, 0.15) is 21.9 Å². The van der Waals surface area contributed by atoms with Gasteiger partial charge in [0.05, 0.1) is 0 Å². The van der Waals surface area contributed by atoms with Gasteiger partial charge in [0, 0.05) is 39.3 Å².